The molecule has 2 fully saturated rings. The summed E-state index contributed by atoms with van der Waals surface area (Å²) < 4.78 is 1.01. The minimum Gasteiger partial charge on any atom is -0.315 e. The molecule has 2 heteroatoms. The average molecular weight is 244 g/mol. The summed E-state index contributed by atoms with van der Waals surface area (Å²) in [7, 11) is 2.31. The molecular weight excluding hydrogens is 222 g/mol. The van der Waals surface area contributed by atoms with Crippen LogP contribution in [0.2, 0.25) is 0 Å². The molecule has 2 nitrogen and oxygen atoms in total. The van der Waals surface area contributed by atoms with Gasteiger partial charge in [0.2, 0.25) is 5.78 Å². The third kappa shape index (κ3) is 1.89. The van der Waals surface area contributed by atoms with Crippen molar-refractivity contribution in [3.63, 3.8) is 0 Å². The number of hydrogen-bond donors (Lipinski definition) is 0. The fourth-order valence-corrected chi connectivity index (χ4v) is 4.02. The molecule has 1 aromatic rings. The number of quaternary nitrogens is 1. The van der Waals surface area contributed by atoms with Gasteiger partial charge in [-0.05, 0) is 19.3 Å². The van der Waals surface area contributed by atoms with Crippen molar-refractivity contribution in [3.8, 4) is 0 Å². The number of benzene rings is 1. The molecule has 2 aliphatic rings. The molecule has 0 aliphatic carbocycles. The highest BCUT2D eigenvalue weighted by molar-refractivity contribution is 5.96. The lowest BCUT2D eigenvalue weighted by Crippen LogP contribution is -2.58. The number of ketones is 1. The maximum atomic E-state index is 12.4. The van der Waals surface area contributed by atoms with Gasteiger partial charge in [-0.25, -0.2) is 0 Å². The van der Waals surface area contributed by atoms with Crippen LogP contribution in [0, 0.1) is 0 Å². The number of carbonyl (C=O) groups is 1. The van der Waals surface area contributed by atoms with Crippen molar-refractivity contribution in [2.45, 2.75) is 44.2 Å². The van der Waals surface area contributed by atoms with E-state index >= 15 is 0 Å². The van der Waals surface area contributed by atoms with Gasteiger partial charge >= 0.3 is 0 Å². The van der Waals surface area contributed by atoms with Crippen LogP contribution in [0.4, 0.5) is 0 Å². The van der Waals surface area contributed by atoms with E-state index in [4.69, 9.17) is 0 Å². The lowest BCUT2D eigenvalue weighted by Gasteiger charge is -2.44. The van der Waals surface area contributed by atoms with Gasteiger partial charge in [-0.2, -0.15) is 0 Å². The summed E-state index contributed by atoms with van der Waals surface area (Å²) in [4.78, 5) is 12.4. The first-order chi connectivity index (χ1) is 8.70. The Labute approximate surface area is 109 Å². The van der Waals surface area contributed by atoms with Gasteiger partial charge in [0.1, 0.15) is 6.54 Å². The van der Waals surface area contributed by atoms with Crippen LogP contribution < -0.4 is 0 Å². The zero-order chi connectivity index (χ0) is 12.6. The maximum absolute atomic E-state index is 12.4. The van der Waals surface area contributed by atoms with Crippen molar-refractivity contribution in [3.05, 3.63) is 35.9 Å². The van der Waals surface area contributed by atoms with E-state index in [9.17, 15) is 4.79 Å². The standard InChI is InChI=1S/C16H22NO/c1-17(14-8-5-9-15(17)11-10-14)12-16(18)13-6-3-2-4-7-13/h2-4,6-7,14-15H,5,8-12H2,1H3/q+1. The van der Waals surface area contributed by atoms with E-state index in [1.807, 2.05) is 30.3 Å². The van der Waals surface area contributed by atoms with Gasteiger partial charge < -0.3 is 4.48 Å². The Hall–Kier alpha value is -1.15. The van der Waals surface area contributed by atoms with Crippen LogP contribution in [0.1, 0.15) is 42.5 Å². The minimum atomic E-state index is 0.317. The summed E-state index contributed by atoms with van der Waals surface area (Å²) in [6, 6.07) is 11.2. The first-order valence-corrected chi connectivity index (χ1v) is 7.13. The Morgan fingerprint density at radius 3 is 2.33 bits per heavy atom. The molecule has 0 amide bonds. The molecule has 18 heavy (non-hydrogen) atoms. The Kier molecular flexibility index (Phi) is 2.98. The summed E-state index contributed by atoms with van der Waals surface area (Å²) >= 11 is 0. The summed E-state index contributed by atoms with van der Waals surface area (Å²) in [5, 5.41) is 0. The van der Waals surface area contributed by atoms with Crippen molar-refractivity contribution in [2.24, 2.45) is 0 Å². The molecule has 2 atom stereocenters. The molecular formula is C16H22NO+. The van der Waals surface area contributed by atoms with E-state index in [1.165, 1.54) is 32.1 Å². The number of rotatable bonds is 3. The van der Waals surface area contributed by atoms with Gasteiger partial charge in [-0.1, -0.05) is 30.3 Å². The fraction of sp³-hybridized carbons (Fsp3) is 0.562. The first kappa shape index (κ1) is 11.9. The third-order valence-electron chi connectivity index (χ3n) is 5.16. The van der Waals surface area contributed by atoms with Crippen LogP contribution in [0.5, 0.6) is 0 Å². The molecule has 1 aromatic carbocycles. The number of fused-ring (bicyclic) bond motifs is 2. The van der Waals surface area contributed by atoms with Gasteiger partial charge in [-0.3, -0.25) is 4.79 Å². The van der Waals surface area contributed by atoms with E-state index in [2.05, 4.69) is 7.05 Å². The molecule has 0 aromatic heterocycles. The van der Waals surface area contributed by atoms with E-state index in [0.29, 0.717) is 12.3 Å². The molecule has 2 bridgehead atoms. The molecule has 3 rings (SSSR count). The normalized spacial score (nSPS) is 34.5. The SMILES string of the molecule is C[N+]1(CC(=O)c2ccccc2)C2CCCC1CC2. The predicted octanol–water partition coefficient (Wildman–Crippen LogP) is 3.03. The third-order valence-corrected chi connectivity index (χ3v) is 5.16. The lowest BCUT2D eigenvalue weighted by molar-refractivity contribution is -0.940. The number of piperidine rings is 1. The van der Waals surface area contributed by atoms with Gasteiger partial charge in [0.25, 0.3) is 0 Å². The van der Waals surface area contributed by atoms with Crippen LogP contribution in [0.3, 0.4) is 0 Å². The Balaban J connectivity index is 1.78. The Bertz CT molecular complexity index is 424. The molecule has 0 N–H and O–H groups in total. The average Bonchev–Trinajstić information content (AvgIpc) is 2.60. The second-order valence-corrected chi connectivity index (χ2v) is 6.11. The molecule has 96 valence electrons. The number of carbonyl (C=O) groups excluding carboxylic acids is 1. The fourth-order valence-electron chi connectivity index (χ4n) is 4.02. The molecule has 0 spiro atoms. The molecule has 0 radical (unpaired) electrons. The van der Waals surface area contributed by atoms with Gasteiger partial charge in [0, 0.05) is 18.4 Å². The zero-order valence-corrected chi connectivity index (χ0v) is 11.1. The second kappa shape index (κ2) is 4.51. The number of nitrogens with zero attached hydrogens (tertiary/aromatic N) is 1. The van der Waals surface area contributed by atoms with Crippen molar-refractivity contribution >= 4 is 5.78 Å². The first-order valence-electron chi connectivity index (χ1n) is 7.13. The van der Waals surface area contributed by atoms with Crippen LogP contribution in [-0.2, 0) is 0 Å². The lowest BCUT2D eigenvalue weighted by atomic mass is 9.98. The molecule has 2 saturated heterocycles. The van der Waals surface area contributed by atoms with Crippen LogP contribution in [0.25, 0.3) is 0 Å². The molecule has 0 saturated carbocycles. The highest BCUT2D eigenvalue weighted by atomic mass is 16.1. The van der Waals surface area contributed by atoms with Crippen molar-refractivity contribution in [1.82, 2.24) is 0 Å². The van der Waals surface area contributed by atoms with E-state index in [1.54, 1.807) is 0 Å². The van der Waals surface area contributed by atoms with Gasteiger partial charge in [0.05, 0.1) is 19.1 Å². The summed E-state index contributed by atoms with van der Waals surface area (Å²) in [6.07, 6.45) is 6.64. The summed E-state index contributed by atoms with van der Waals surface area (Å²) in [5.41, 5.74) is 0.877. The highest BCUT2D eigenvalue weighted by Crippen LogP contribution is 2.41. The second-order valence-electron chi connectivity index (χ2n) is 6.11. The summed E-state index contributed by atoms with van der Waals surface area (Å²) in [5.74, 6) is 0.317. The van der Waals surface area contributed by atoms with E-state index < -0.39 is 0 Å². The molecule has 2 unspecified atom stereocenters. The van der Waals surface area contributed by atoms with Crippen LogP contribution >= 0.6 is 0 Å². The maximum Gasteiger partial charge on any atom is 0.216 e. The number of likely N-dealkylation sites (N-methyl/N-ethyl adjacent to an activating group) is 1. The monoisotopic (exact) mass is 244 g/mol. The van der Waals surface area contributed by atoms with Gasteiger partial charge in [0.15, 0.2) is 0 Å². The molecule has 2 aliphatic heterocycles. The van der Waals surface area contributed by atoms with Crippen LogP contribution in [-0.4, -0.2) is 35.9 Å². The minimum absolute atomic E-state index is 0.317. The van der Waals surface area contributed by atoms with Crippen molar-refractivity contribution < 1.29 is 9.28 Å². The van der Waals surface area contributed by atoms with E-state index in [-0.39, 0.29) is 0 Å². The largest absolute Gasteiger partial charge is 0.315 e. The smallest absolute Gasteiger partial charge is 0.216 e. The number of hydrogen-bond acceptors (Lipinski definition) is 1. The van der Waals surface area contributed by atoms with Crippen molar-refractivity contribution in [1.29, 1.82) is 0 Å². The summed E-state index contributed by atoms with van der Waals surface area (Å²) in [6.45, 7) is 0.694. The quantitative estimate of drug-likeness (QED) is 0.590. The number of Topliss-reactive ketones (excluding diaryl/α,β-unsaturated/α-hetero) is 1. The van der Waals surface area contributed by atoms with E-state index in [0.717, 1.165) is 22.1 Å². The molecule has 2 heterocycles. The van der Waals surface area contributed by atoms with Crippen LogP contribution in [0.15, 0.2) is 30.3 Å². The Morgan fingerprint density at radius 1 is 1.11 bits per heavy atom. The topological polar surface area (TPSA) is 17.1 Å². The van der Waals surface area contributed by atoms with Gasteiger partial charge in [-0.15, -0.1) is 0 Å². The van der Waals surface area contributed by atoms with Crippen molar-refractivity contribution in [2.75, 3.05) is 13.6 Å². The highest BCUT2D eigenvalue weighted by Gasteiger charge is 2.49. The Morgan fingerprint density at radius 2 is 1.72 bits per heavy atom. The predicted molar refractivity (Wildman–Crippen MR) is 72.5 cm³/mol. The zero-order valence-electron chi connectivity index (χ0n) is 11.1.